The molecule has 3 aromatic heterocycles. The van der Waals surface area contributed by atoms with E-state index in [1.165, 1.54) is 28.4 Å². The van der Waals surface area contributed by atoms with E-state index in [4.69, 9.17) is 24.2 Å². The van der Waals surface area contributed by atoms with Gasteiger partial charge in [-0.1, -0.05) is 24.3 Å². The van der Waals surface area contributed by atoms with Crippen molar-refractivity contribution < 1.29 is 46.2 Å². The average Bonchev–Trinajstić information content (AvgIpc) is 4.07. The molecule has 3 fully saturated rings. The lowest BCUT2D eigenvalue weighted by atomic mass is 10.1. The number of halogens is 1. The van der Waals surface area contributed by atoms with Gasteiger partial charge < -0.3 is 29.7 Å². The number of carbonyl (C=O) groups excluding carboxylic acids is 4. The van der Waals surface area contributed by atoms with E-state index in [0.29, 0.717) is 46.3 Å². The highest BCUT2D eigenvalue weighted by Gasteiger charge is 2.62. The minimum atomic E-state index is -3.95. The van der Waals surface area contributed by atoms with Gasteiger partial charge >= 0.3 is 6.09 Å². The second-order valence-corrected chi connectivity index (χ2v) is 19.2. The molecular weight excluding hydrogens is 806 g/mol. The number of ether oxygens (including phenoxy) is 3. The Hall–Kier alpha value is -5.27. The lowest BCUT2D eigenvalue weighted by Gasteiger charge is -2.30. The van der Waals surface area contributed by atoms with Crippen molar-refractivity contribution in [2.45, 2.75) is 93.9 Å². The van der Waals surface area contributed by atoms with E-state index in [2.05, 4.69) is 20.3 Å². The summed E-state index contributed by atoms with van der Waals surface area (Å²) < 4.78 is 60.9. The van der Waals surface area contributed by atoms with Crippen LogP contribution in [0.5, 0.6) is 5.88 Å². The van der Waals surface area contributed by atoms with Crippen LogP contribution in [0.25, 0.3) is 31.8 Å². The highest BCUT2D eigenvalue weighted by Crippen LogP contribution is 2.46. The largest absolute Gasteiger partial charge is 0.471 e. The first kappa shape index (κ1) is 40.5. The van der Waals surface area contributed by atoms with Crippen molar-refractivity contribution in [2.75, 3.05) is 19.8 Å². The second-order valence-electron chi connectivity index (χ2n) is 16.3. The van der Waals surface area contributed by atoms with Gasteiger partial charge in [0.2, 0.25) is 27.7 Å². The number of hydrogen-bond acceptors (Lipinski definition) is 13. The summed E-state index contributed by atoms with van der Waals surface area (Å²) in [5, 5.41) is 5.50. The Balaban J connectivity index is 1.15. The van der Waals surface area contributed by atoms with Gasteiger partial charge in [-0.25, -0.2) is 27.6 Å². The Morgan fingerprint density at radius 2 is 1.95 bits per heavy atom. The Morgan fingerprint density at radius 3 is 2.71 bits per heavy atom. The zero-order valence-corrected chi connectivity index (χ0v) is 34.2. The molecule has 312 valence electrons. The molecule has 0 spiro atoms. The number of hydrogen-bond donors (Lipinski definition) is 3. The van der Waals surface area contributed by atoms with Gasteiger partial charge in [0, 0.05) is 36.1 Å². The number of allylic oxidation sites excluding steroid dienone is 1. The van der Waals surface area contributed by atoms with Gasteiger partial charge in [0.05, 0.1) is 23.9 Å². The van der Waals surface area contributed by atoms with Gasteiger partial charge in [-0.15, -0.1) is 11.3 Å². The minimum Gasteiger partial charge on any atom is -0.471 e. The highest BCUT2D eigenvalue weighted by atomic mass is 32.2. The molecule has 5 heterocycles. The minimum absolute atomic E-state index is 0.0832. The van der Waals surface area contributed by atoms with E-state index in [1.54, 1.807) is 51.2 Å². The maximum atomic E-state index is 14.6. The smallest absolute Gasteiger partial charge is 0.408 e. The van der Waals surface area contributed by atoms with E-state index in [1.807, 2.05) is 12.1 Å². The summed E-state index contributed by atoms with van der Waals surface area (Å²) in [6.45, 7) is 4.88. The molecule has 5 atom stereocenters. The van der Waals surface area contributed by atoms with Crippen LogP contribution in [0.3, 0.4) is 0 Å². The zero-order valence-electron chi connectivity index (χ0n) is 32.6. The molecule has 4 aromatic rings. The number of nitrogens with one attached hydrogen (secondary N) is 3. The third kappa shape index (κ3) is 8.72. The van der Waals surface area contributed by atoms with Crippen LogP contribution in [0.2, 0.25) is 0 Å². The van der Waals surface area contributed by atoms with Crippen LogP contribution in [0.4, 0.5) is 9.18 Å². The molecule has 1 saturated heterocycles. The third-order valence-electron chi connectivity index (χ3n) is 10.5. The van der Waals surface area contributed by atoms with Crippen molar-refractivity contribution in [2.24, 2.45) is 5.92 Å². The summed E-state index contributed by atoms with van der Waals surface area (Å²) in [5.74, 6) is -2.93. The van der Waals surface area contributed by atoms with Crippen molar-refractivity contribution in [3.8, 4) is 17.3 Å². The molecule has 1 aromatic carbocycles. The third-order valence-corrected chi connectivity index (χ3v) is 13.4. The van der Waals surface area contributed by atoms with Crippen molar-refractivity contribution in [1.29, 1.82) is 0 Å². The Bertz CT molecular complexity index is 2470. The van der Waals surface area contributed by atoms with Gasteiger partial charge in [-0.05, 0) is 77.1 Å². The molecule has 0 bridgehead atoms. The molecule has 19 heteroatoms. The quantitative estimate of drug-likeness (QED) is 0.225. The van der Waals surface area contributed by atoms with Crippen molar-refractivity contribution >= 4 is 65.6 Å². The normalized spacial score (nSPS) is 25.9. The average molecular weight is 850 g/mol. The van der Waals surface area contributed by atoms with Crippen LogP contribution in [0.15, 0.2) is 54.7 Å². The fraction of sp³-hybridized carbons (Fsp3) is 0.475. The molecule has 59 heavy (non-hydrogen) atoms. The zero-order chi connectivity index (χ0) is 41.7. The summed E-state index contributed by atoms with van der Waals surface area (Å²) in [4.78, 5) is 71.8. The predicted molar refractivity (Wildman–Crippen MR) is 214 cm³/mol. The number of pyridine rings is 1. The highest BCUT2D eigenvalue weighted by molar-refractivity contribution is 7.91. The fourth-order valence-electron chi connectivity index (χ4n) is 7.38. The monoisotopic (exact) mass is 849 g/mol. The van der Waals surface area contributed by atoms with Gasteiger partial charge in [-0.2, -0.15) is 4.98 Å². The SMILES string of the molecule is CC(C)(C)OC(=O)N[C@H]1COCCC/C=C\[C@@H]2C[C@@]2(C(=O)NS(=O)(=O)C2CC2)NC(=O)[C@@H]2C[C@@H](Oc3nc(-c4cccc(F)c4)nc4c3sc3ncccc34)CN2C1=O. The van der Waals surface area contributed by atoms with Crippen molar-refractivity contribution in [3.63, 3.8) is 0 Å². The molecular formula is C40H44FN7O9S2. The van der Waals surface area contributed by atoms with E-state index < -0.39 is 80.2 Å². The van der Waals surface area contributed by atoms with Gasteiger partial charge in [0.1, 0.15) is 44.7 Å². The molecule has 2 aliphatic carbocycles. The van der Waals surface area contributed by atoms with Crippen LogP contribution in [-0.4, -0.2) is 106 Å². The molecule has 16 nitrogen and oxygen atoms in total. The van der Waals surface area contributed by atoms with Crippen LogP contribution >= 0.6 is 11.3 Å². The number of benzene rings is 1. The van der Waals surface area contributed by atoms with E-state index in [0.717, 1.165) is 5.39 Å². The maximum absolute atomic E-state index is 14.6. The van der Waals surface area contributed by atoms with E-state index >= 15 is 0 Å². The first-order valence-corrected chi connectivity index (χ1v) is 21.9. The summed E-state index contributed by atoms with van der Waals surface area (Å²) in [7, 11) is -3.95. The van der Waals surface area contributed by atoms with Crippen LogP contribution in [0.1, 0.15) is 59.3 Å². The first-order chi connectivity index (χ1) is 28.1. The lowest BCUT2D eigenvalue weighted by Crippen LogP contribution is -2.59. The van der Waals surface area contributed by atoms with Crippen LogP contribution in [0, 0.1) is 11.7 Å². The Labute approximate surface area is 343 Å². The Kier molecular flexibility index (Phi) is 10.8. The number of amides is 4. The number of thiophene rings is 1. The number of fused-ring (bicyclic) bond motifs is 5. The second kappa shape index (κ2) is 15.7. The van der Waals surface area contributed by atoms with Crippen LogP contribution in [-0.2, 0) is 33.9 Å². The molecule has 3 N–H and O–H groups in total. The summed E-state index contributed by atoms with van der Waals surface area (Å²) in [6, 6.07) is 6.90. The number of rotatable bonds is 7. The van der Waals surface area contributed by atoms with Gasteiger partial charge in [0.15, 0.2) is 5.82 Å². The first-order valence-electron chi connectivity index (χ1n) is 19.5. The Morgan fingerprint density at radius 1 is 1.14 bits per heavy atom. The van der Waals surface area contributed by atoms with Gasteiger partial charge in [-0.3, -0.25) is 19.1 Å². The molecule has 2 aliphatic heterocycles. The predicted octanol–water partition coefficient (Wildman–Crippen LogP) is 4.14. The number of alkyl carbamates (subject to hydrolysis) is 1. The number of aromatic nitrogens is 3. The number of sulfonamides is 1. The molecule has 0 radical (unpaired) electrons. The van der Waals surface area contributed by atoms with Gasteiger partial charge in [0.25, 0.3) is 5.91 Å². The summed E-state index contributed by atoms with van der Waals surface area (Å²) in [6.07, 6.45) is 5.56. The molecule has 8 rings (SSSR count). The standard InChI is InChI=1S/C40H44FN7O9S2/c1-39(2,3)57-38(52)43-28-21-55-16-6-4-5-10-23-19-40(23,37(51)47-59(53,54)26-13-14-26)46-33(49)29-18-25(20-48(29)36(28)50)56-34-31-30(27-12-8-15-42-35(27)58-31)44-32(45-34)22-9-7-11-24(41)17-22/h5,7-12,15,17,23,25-26,28-29H,4,6,13-14,16,18-21H2,1-3H3,(H,43,52)(H,46,49)(H,47,51)/b10-5-/t23-,25-,28+,29+,40-/m1/s1. The molecule has 4 aliphatic rings. The van der Waals surface area contributed by atoms with Crippen LogP contribution < -0.4 is 20.1 Å². The summed E-state index contributed by atoms with van der Waals surface area (Å²) in [5.41, 5.74) is -1.56. The van der Waals surface area contributed by atoms with Crippen molar-refractivity contribution in [1.82, 2.24) is 35.2 Å². The van der Waals surface area contributed by atoms with Crippen molar-refractivity contribution in [3.05, 3.63) is 60.6 Å². The number of carbonyl (C=O) groups is 4. The fourth-order valence-corrected chi connectivity index (χ4v) is 9.76. The summed E-state index contributed by atoms with van der Waals surface area (Å²) >= 11 is 1.29. The molecule has 0 unspecified atom stereocenters. The van der Waals surface area contributed by atoms with E-state index in [-0.39, 0.29) is 44.3 Å². The van der Waals surface area contributed by atoms with E-state index in [9.17, 15) is 32.0 Å². The maximum Gasteiger partial charge on any atom is 0.408 e. The lowest BCUT2D eigenvalue weighted by molar-refractivity contribution is -0.142. The topological polar surface area (TPSA) is 208 Å². The molecule has 2 saturated carbocycles. The number of nitrogens with zero attached hydrogens (tertiary/aromatic N) is 4. The molecule has 4 amide bonds.